The van der Waals surface area contributed by atoms with E-state index in [-0.39, 0.29) is 22.3 Å². The lowest BCUT2D eigenvalue weighted by atomic mass is 9.50. The first-order chi connectivity index (χ1) is 11.3. The molecule has 4 nitrogen and oxygen atoms in total. The Morgan fingerprint density at radius 2 is 1.92 bits per heavy atom. The number of hydrogen-bond donors (Lipinski definition) is 2. The standard InChI is InChI=1S/C20H24O4/c1-19(2)8-4-9-20(3)13(19)6-5-11-14-12(7-10-24-18(14)23)16(21)17(22)15(11)20/h7,10,13,21-22H,4-6,8-9H2,1-3H3/t13-,20-/m0/s1. The molecule has 2 aliphatic carbocycles. The second-order valence-corrected chi connectivity index (χ2v) is 8.40. The number of phenolic OH excluding ortho intramolecular Hbond substituents is 2. The summed E-state index contributed by atoms with van der Waals surface area (Å²) in [5.41, 5.74) is 1.16. The van der Waals surface area contributed by atoms with E-state index in [4.69, 9.17) is 4.42 Å². The van der Waals surface area contributed by atoms with Crippen molar-refractivity contribution in [3.05, 3.63) is 33.9 Å². The molecule has 1 fully saturated rings. The van der Waals surface area contributed by atoms with Gasteiger partial charge in [-0.25, -0.2) is 4.79 Å². The topological polar surface area (TPSA) is 70.7 Å². The average molecular weight is 328 g/mol. The number of aromatic hydroxyl groups is 2. The largest absolute Gasteiger partial charge is 0.504 e. The quantitative estimate of drug-likeness (QED) is 0.710. The molecule has 0 radical (unpaired) electrons. The summed E-state index contributed by atoms with van der Waals surface area (Å²) < 4.78 is 5.06. The Morgan fingerprint density at radius 3 is 2.67 bits per heavy atom. The molecule has 1 saturated carbocycles. The zero-order chi connectivity index (χ0) is 17.3. The molecular formula is C20H24O4. The monoisotopic (exact) mass is 328 g/mol. The molecule has 0 amide bonds. The predicted octanol–water partition coefficient (Wildman–Crippen LogP) is 4.23. The maximum Gasteiger partial charge on any atom is 0.343 e. The van der Waals surface area contributed by atoms with Crippen molar-refractivity contribution < 1.29 is 14.6 Å². The Balaban J connectivity index is 2.10. The van der Waals surface area contributed by atoms with Crippen molar-refractivity contribution in [2.24, 2.45) is 11.3 Å². The summed E-state index contributed by atoms with van der Waals surface area (Å²) in [6.45, 7) is 6.78. The van der Waals surface area contributed by atoms with Crippen molar-refractivity contribution in [3.63, 3.8) is 0 Å². The van der Waals surface area contributed by atoms with Gasteiger partial charge in [0.25, 0.3) is 0 Å². The molecule has 0 unspecified atom stereocenters. The normalized spacial score (nSPS) is 28.4. The van der Waals surface area contributed by atoms with Crippen molar-refractivity contribution in [1.82, 2.24) is 0 Å². The third kappa shape index (κ3) is 1.83. The highest BCUT2D eigenvalue weighted by molar-refractivity contribution is 5.94. The van der Waals surface area contributed by atoms with Crippen molar-refractivity contribution >= 4 is 10.8 Å². The minimum atomic E-state index is -0.434. The molecule has 128 valence electrons. The maximum absolute atomic E-state index is 12.3. The lowest BCUT2D eigenvalue weighted by Gasteiger charge is -2.54. The van der Waals surface area contributed by atoms with E-state index in [1.807, 2.05) is 0 Å². The van der Waals surface area contributed by atoms with E-state index < -0.39 is 5.63 Å². The van der Waals surface area contributed by atoms with Crippen LogP contribution in [0.25, 0.3) is 10.8 Å². The van der Waals surface area contributed by atoms with Gasteiger partial charge in [0.15, 0.2) is 11.5 Å². The Labute approximate surface area is 141 Å². The van der Waals surface area contributed by atoms with Gasteiger partial charge in [0.1, 0.15) is 0 Å². The second-order valence-electron chi connectivity index (χ2n) is 8.40. The molecule has 4 rings (SSSR count). The first-order valence-corrected chi connectivity index (χ1v) is 8.76. The van der Waals surface area contributed by atoms with Gasteiger partial charge in [-0.2, -0.15) is 0 Å². The van der Waals surface area contributed by atoms with Crippen LogP contribution in [0.15, 0.2) is 21.5 Å². The molecule has 0 saturated heterocycles. The fraction of sp³-hybridized carbons (Fsp3) is 0.550. The number of hydrogen-bond acceptors (Lipinski definition) is 4. The summed E-state index contributed by atoms with van der Waals surface area (Å²) in [7, 11) is 0. The predicted molar refractivity (Wildman–Crippen MR) is 92.6 cm³/mol. The third-order valence-corrected chi connectivity index (χ3v) is 6.69. The number of fused-ring (bicyclic) bond motifs is 5. The minimum absolute atomic E-state index is 0.0481. The van der Waals surface area contributed by atoms with Gasteiger partial charge in [0, 0.05) is 10.9 Å². The Bertz CT molecular complexity index is 893. The molecule has 2 N–H and O–H groups in total. The van der Waals surface area contributed by atoms with E-state index in [0.717, 1.165) is 36.8 Å². The molecule has 2 aromatic rings. The van der Waals surface area contributed by atoms with Gasteiger partial charge in [-0.15, -0.1) is 0 Å². The van der Waals surface area contributed by atoms with Crippen molar-refractivity contribution in [2.75, 3.05) is 0 Å². The highest BCUT2D eigenvalue weighted by Gasteiger charge is 2.51. The van der Waals surface area contributed by atoms with Gasteiger partial charge in [-0.1, -0.05) is 27.2 Å². The zero-order valence-electron chi connectivity index (χ0n) is 14.5. The fourth-order valence-corrected chi connectivity index (χ4v) is 5.70. The Hall–Kier alpha value is -1.97. The van der Waals surface area contributed by atoms with Gasteiger partial charge in [0.2, 0.25) is 0 Å². The molecule has 2 atom stereocenters. The smallest absolute Gasteiger partial charge is 0.343 e. The van der Waals surface area contributed by atoms with Crippen LogP contribution >= 0.6 is 0 Å². The Kier molecular flexibility index (Phi) is 3.09. The van der Waals surface area contributed by atoms with Gasteiger partial charge in [-0.3, -0.25) is 0 Å². The summed E-state index contributed by atoms with van der Waals surface area (Å²) in [5, 5.41) is 22.2. The van der Waals surface area contributed by atoms with Crippen LogP contribution in [-0.2, 0) is 11.8 Å². The summed E-state index contributed by atoms with van der Waals surface area (Å²) in [5.74, 6) is 0.180. The minimum Gasteiger partial charge on any atom is -0.504 e. The molecule has 0 aliphatic heterocycles. The van der Waals surface area contributed by atoms with Crippen LogP contribution < -0.4 is 5.63 Å². The first kappa shape index (κ1) is 15.6. The highest BCUT2D eigenvalue weighted by Crippen LogP contribution is 2.60. The third-order valence-electron chi connectivity index (χ3n) is 6.69. The lowest BCUT2D eigenvalue weighted by Crippen LogP contribution is -2.48. The molecule has 24 heavy (non-hydrogen) atoms. The van der Waals surface area contributed by atoms with Crippen LogP contribution in [0.4, 0.5) is 0 Å². The number of aryl methyl sites for hydroxylation is 1. The van der Waals surface area contributed by atoms with Crippen LogP contribution in [0, 0.1) is 11.3 Å². The average Bonchev–Trinajstić information content (AvgIpc) is 2.51. The number of rotatable bonds is 0. The number of benzene rings is 1. The first-order valence-electron chi connectivity index (χ1n) is 8.76. The summed E-state index contributed by atoms with van der Waals surface area (Å²) >= 11 is 0. The second kappa shape index (κ2) is 4.78. The van der Waals surface area contributed by atoms with Gasteiger partial charge in [-0.05, 0) is 54.1 Å². The lowest BCUT2D eigenvalue weighted by molar-refractivity contribution is 0.0393. The van der Waals surface area contributed by atoms with E-state index in [9.17, 15) is 15.0 Å². The zero-order valence-corrected chi connectivity index (χ0v) is 14.5. The molecule has 1 aromatic carbocycles. The molecule has 1 heterocycles. The summed E-state index contributed by atoms with van der Waals surface area (Å²) in [4.78, 5) is 12.3. The SMILES string of the molecule is CC1(C)CCC[C@]2(C)c3c(O)c(O)c4ccoc(=O)c4c3CC[C@@H]12. The van der Waals surface area contributed by atoms with Crippen LogP contribution in [0.1, 0.15) is 57.6 Å². The van der Waals surface area contributed by atoms with E-state index in [1.165, 1.54) is 12.7 Å². The summed E-state index contributed by atoms with van der Waals surface area (Å²) in [6, 6.07) is 1.56. The van der Waals surface area contributed by atoms with E-state index >= 15 is 0 Å². The van der Waals surface area contributed by atoms with Crippen LogP contribution in [0.2, 0.25) is 0 Å². The highest BCUT2D eigenvalue weighted by atomic mass is 16.4. The Morgan fingerprint density at radius 1 is 1.17 bits per heavy atom. The molecular weight excluding hydrogens is 304 g/mol. The molecule has 0 spiro atoms. The van der Waals surface area contributed by atoms with E-state index in [1.54, 1.807) is 6.07 Å². The van der Waals surface area contributed by atoms with E-state index in [2.05, 4.69) is 20.8 Å². The van der Waals surface area contributed by atoms with Crippen molar-refractivity contribution in [2.45, 2.75) is 58.3 Å². The molecule has 4 heteroatoms. The van der Waals surface area contributed by atoms with Gasteiger partial charge in [0.05, 0.1) is 11.6 Å². The van der Waals surface area contributed by atoms with Crippen molar-refractivity contribution in [3.8, 4) is 11.5 Å². The van der Waals surface area contributed by atoms with Gasteiger partial charge < -0.3 is 14.6 Å². The molecule has 0 bridgehead atoms. The van der Waals surface area contributed by atoms with Gasteiger partial charge >= 0.3 is 5.63 Å². The van der Waals surface area contributed by atoms with Crippen molar-refractivity contribution in [1.29, 1.82) is 0 Å². The van der Waals surface area contributed by atoms with Crippen LogP contribution in [-0.4, -0.2) is 10.2 Å². The molecule has 2 aliphatic rings. The van der Waals surface area contributed by atoms with Crippen LogP contribution in [0.5, 0.6) is 11.5 Å². The summed E-state index contributed by atoms with van der Waals surface area (Å²) in [6.07, 6.45) is 6.21. The van der Waals surface area contributed by atoms with E-state index in [0.29, 0.717) is 16.7 Å². The molecule has 1 aromatic heterocycles. The fourth-order valence-electron chi connectivity index (χ4n) is 5.70. The maximum atomic E-state index is 12.3. The number of phenols is 2. The van der Waals surface area contributed by atoms with Crippen LogP contribution in [0.3, 0.4) is 0 Å².